The second-order valence-corrected chi connectivity index (χ2v) is 1.80. The molecule has 0 aliphatic rings. The molecule has 0 unspecified atom stereocenters. The molecule has 0 amide bonds. The highest BCUT2D eigenvalue weighted by Crippen LogP contribution is 2.10. The van der Waals surface area contributed by atoms with Crippen molar-refractivity contribution in [2.75, 3.05) is 0 Å². The Balaban J connectivity index is 3.00. The normalized spacial score (nSPS) is 8.80. The van der Waals surface area contributed by atoms with Crippen molar-refractivity contribution < 1.29 is 4.79 Å². The molecule has 0 saturated heterocycles. The first kappa shape index (κ1) is 6.61. The van der Waals surface area contributed by atoms with Crippen molar-refractivity contribution in [3.8, 4) is 0 Å². The van der Waals surface area contributed by atoms with Crippen LogP contribution in [0.3, 0.4) is 0 Å². The van der Waals surface area contributed by atoms with E-state index in [1.165, 1.54) is 12.1 Å². The van der Waals surface area contributed by atoms with Gasteiger partial charge in [-0.3, -0.25) is 4.79 Å². The summed E-state index contributed by atoms with van der Waals surface area (Å²) in [5.74, 6) is 0. The van der Waals surface area contributed by atoms with Crippen LogP contribution in [-0.2, 0) is 0 Å². The van der Waals surface area contributed by atoms with Gasteiger partial charge in [0.1, 0.15) is 12.0 Å². The van der Waals surface area contributed by atoms with Crippen molar-refractivity contribution in [3.05, 3.63) is 34.7 Å². The van der Waals surface area contributed by atoms with E-state index in [4.69, 9.17) is 0 Å². The van der Waals surface area contributed by atoms with Gasteiger partial charge in [0.05, 0.1) is 0 Å². The Hall–Kier alpha value is -1.51. The predicted molar refractivity (Wildman–Crippen MR) is 37.3 cm³/mol. The Morgan fingerprint density at radius 3 is 2.20 bits per heavy atom. The molecular weight excluding hydrogens is 130 g/mol. The molecule has 0 aromatic heterocycles. The van der Waals surface area contributed by atoms with E-state index in [1.54, 1.807) is 12.1 Å². The van der Waals surface area contributed by atoms with Crippen LogP contribution in [0.1, 0.15) is 10.4 Å². The molecule has 0 saturated carbocycles. The summed E-state index contributed by atoms with van der Waals surface area (Å²) >= 11 is 0. The second kappa shape index (κ2) is 2.87. The number of carbonyl (C=O) groups excluding carboxylic acids is 1. The Morgan fingerprint density at radius 1 is 1.20 bits per heavy atom. The lowest BCUT2D eigenvalue weighted by atomic mass is 10.2. The highest BCUT2D eigenvalue weighted by molar-refractivity contribution is 5.75. The highest BCUT2D eigenvalue weighted by atomic mass is 16.3. The first-order valence-corrected chi connectivity index (χ1v) is 2.75. The summed E-state index contributed by atoms with van der Waals surface area (Å²) in [6.45, 7) is 0. The van der Waals surface area contributed by atoms with E-state index in [2.05, 4.69) is 5.18 Å². The molecule has 3 nitrogen and oxygen atoms in total. The molecule has 1 aromatic rings. The number of hydrogen-bond acceptors (Lipinski definition) is 3. The van der Waals surface area contributed by atoms with Crippen LogP contribution in [0.5, 0.6) is 0 Å². The zero-order valence-electron chi connectivity index (χ0n) is 5.15. The van der Waals surface area contributed by atoms with Gasteiger partial charge in [0.25, 0.3) is 0 Å². The summed E-state index contributed by atoms with van der Waals surface area (Å²) in [5, 5.41) is 2.68. The van der Waals surface area contributed by atoms with Gasteiger partial charge in [-0.05, 0) is 29.4 Å². The molecule has 0 fully saturated rings. The fourth-order valence-electron chi connectivity index (χ4n) is 0.614. The van der Waals surface area contributed by atoms with Crippen molar-refractivity contribution in [2.24, 2.45) is 5.18 Å². The molecule has 0 aliphatic carbocycles. The Kier molecular flexibility index (Phi) is 1.89. The van der Waals surface area contributed by atoms with Crippen LogP contribution >= 0.6 is 0 Å². The Labute approximate surface area is 57.7 Å². The molecule has 3 heteroatoms. The van der Waals surface area contributed by atoms with Crippen LogP contribution in [0.25, 0.3) is 0 Å². The lowest BCUT2D eigenvalue weighted by Crippen LogP contribution is -1.74. The van der Waals surface area contributed by atoms with E-state index < -0.39 is 0 Å². The summed E-state index contributed by atoms with van der Waals surface area (Å²) in [5.41, 5.74) is 0.887. The number of nitrogens with zero attached hydrogens (tertiary/aromatic N) is 1. The topological polar surface area (TPSA) is 46.5 Å². The van der Waals surface area contributed by atoms with E-state index in [9.17, 15) is 9.70 Å². The van der Waals surface area contributed by atoms with Crippen molar-refractivity contribution >= 4 is 12.0 Å². The zero-order valence-corrected chi connectivity index (χ0v) is 5.15. The largest absolute Gasteiger partial charge is 0.298 e. The van der Waals surface area contributed by atoms with Crippen LogP contribution in [0.2, 0.25) is 0 Å². The van der Waals surface area contributed by atoms with Gasteiger partial charge in [0, 0.05) is 5.56 Å². The molecule has 1 aromatic carbocycles. The van der Waals surface area contributed by atoms with Gasteiger partial charge in [0.15, 0.2) is 0 Å². The number of rotatable bonds is 2. The second-order valence-electron chi connectivity index (χ2n) is 1.80. The fraction of sp³-hybridized carbons (Fsp3) is 0. The molecule has 1 rings (SSSR count). The van der Waals surface area contributed by atoms with Gasteiger partial charge in [-0.1, -0.05) is 0 Å². The molecule has 0 heterocycles. The van der Waals surface area contributed by atoms with Crippen molar-refractivity contribution in [2.45, 2.75) is 0 Å². The Morgan fingerprint density at radius 2 is 1.80 bits per heavy atom. The number of carbonyl (C=O) groups is 1. The maximum Gasteiger partial charge on any atom is 0.150 e. The van der Waals surface area contributed by atoms with E-state index in [-0.39, 0.29) is 0 Å². The van der Waals surface area contributed by atoms with Crippen LogP contribution in [0.4, 0.5) is 5.69 Å². The van der Waals surface area contributed by atoms with Crippen molar-refractivity contribution in [1.29, 1.82) is 0 Å². The molecule has 0 atom stereocenters. The minimum Gasteiger partial charge on any atom is -0.298 e. The van der Waals surface area contributed by atoms with Gasteiger partial charge in [-0.15, -0.1) is 4.91 Å². The summed E-state index contributed by atoms with van der Waals surface area (Å²) in [7, 11) is 0. The fourth-order valence-corrected chi connectivity index (χ4v) is 0.614. The molecule has 0 bridgehead atoms. The molecule has 0 N–H and O–H groups in total. The summed E-state index contributed by atoms with van der Waals surface area (Å²) in [6, 6.07) is 6.08. The zero-order chi connectivity index (χ0) is 7.40. The molecule has 10 heavy (non-hydrogen) atoms. The highest BCUT2D eigenvalue weighted by Gasteiger charge is 1.89. The van der Waals surface area contributed by atoms with Crippen molar-refractivity contribution in [1.82, 2.24) is 0 Å². The first-order valence-electron chi connectivity index (χ1n) is 2.75. The third-order valence-corrected chi connectivity index (χ3v) is 1.13. The first-order chi connectivity index (χ1) is 4.86. The summed E-state index contributed by atoms with van der Waals surface area (Å²) in [4.78, 5) is 20.0. The standard InChI is InChI=1S/C7H5NO2/c9-5-6-1-3-7(8-10)4-2-6/h1-5H. The van der Waals surface area contributed by atoms with E-state index >= 15 is 0 Å². The molecular formula is C7H5NO2. The number of nitroso groups, excluding NO2 is 1. The number of hydrogen-bond donors (Lipinski definition) is 0. The summed E-state index contributed by atoms with van der Waals surface area (Å²) < 4.78 is 0. The van der Waals surface area contributed by atoms with Gasteiger partial charge in [0.2, 0.25) is 0 Å². The average Bonchev–Trinajstić information content (AvgIpc) is 2.05. The third-order valence-electron chi connectivity index (χ3n) is 1.13. The minimum atomic E-state index is 0.339. The van der Waals surface area contributed by atoms with Gasteiger partial charge in [-0.2, -0.15) is 0 Å². The third kappa shape index (κ3) is 1.25. The molecule has 50 valence electrons. The maximum atomic E-state index is 10.1. The number of benzene rings is 1. The van der Waals surface area contributed by atoms with E-state index in [0.29, 0.717) is 17.5 Å². The van der Waals surface area contributed by atoms with Crippen LogP contribution in [0.15, 0.2) is 29.4 Å². The van der Waals surface area contributed by atoms with Crippen LogP contribution in [0, 0.1) is 4.91 Å². The van der Waals surface area contributed by atoms with Crippen LogP contribution in [-0.4, -0.2) is 6.29 Å². The smallest absolute Gasteiger partial charge is 0.150 e. The van der Waals surface area contributed by atoms with E-state index in [0.717, 1.165) is 0 Å². The van der Waals surface area contributed by atoms with Gasteiger partial charge >= 0.3 is 0 Å². The van der Waals surface area contributed by atoms with E-state index in [1.807, 2.05) is 0 Å². The van der Waals surface area contributed by atoms with Gasteiger partial charge in [-0.25, -0.2) is 0 Å². The Bertz CT molecular complexity index is 213. The lowest BCUT2D eigenvalue weighted by molar-refractivity contribution is 0.112. The minimum absolute atomic E-state index is 0.339. The summed E-state index contributed by atoms with van der Waals surface area (Å²) in [6.07, 6.45) is 0.717. The SMILES string of the molecule is O=Cc1ccc(N=O)cc1. The average molecular weight is 135 g/mol. The molecule has 0 radical (unpaired) electrons. The van der Waals surface area contributed by atoms with Crippen LogP contribution < -0.4 is 0 Å². The monoisotopic (exact) mass is 135 g/mol. The quantitative estimate of drug-likeness (QED) is 0.459. The number of aldehydes is 1. The predicted octanol–water partition coefficient (Wildman–Crippen LogP) is 1.90. The van der Waals surface area contributed by atoms with Crippen molar-refractivity contribution in [3.63, 3.8) is 0 Å². The molecule has 0 spiro atoms. The van der Waals surface area contributed by atoms with Gasteiger partial charge < -0.3 is 0 Å². The molecule has 0 aliphatic heterocycles. The maximum absolute atomic E-state index is 10.1. The lowest BCUT2D eigenvalue weighted by Gasteiger charge is -1.87.